The summed E-state index contributed by atoms with van der Waals surface area (Å²) in [6.45, 7) is 6.67. The van der Waals surface area contributed by atoms with Gasteiger partial charge in [0.25, 0.3) is 0 Å². The summed E-state index contributed by atoms with van der Waals surface area (Å²) in [7, 11) is 0. The zero-order valence-corrected chi connectivity index (χ0v) is 11.2. The summed E-state index contributed by atoms with van der Waals surface area (Å²) in [6.07, 6.45) is 2.44. The van der Waals surface area contributed by atoms with Crippen molar-refractivity contribution < 1.29 is 0 Å². The summed E-state index contributed by atoms with van der Waals surface area (Å²) in [5, 5.41) is 4.74. The maximum Gasteiger partial charge on any atom is 0.0942 e. The van der Waals surface area contributed by atoms with Crippen LogP contribution < -0.4 is 5.32 Å². The molecule has 3 heteroatoms. The Morgan fingerprint density at radius 2 is 2.18 bits per heavy atom. The number of hydrogen-bond acceptors (Lipinski definition) is 3. The summed E-state index contributed by atoms with van der Waals surface area (Å²) in [5.41, 5.74) is 3.88. The highest BCUT2D eigenvalue weighted by atomic mass is 32.1. The number of rotatable bonds is 2. The van der Waals surface area contributed by atoms with Crippen LogP contribution in [0.2, 0.25) is 0 Å². The van der Waals surface area contributed by atoms with Gasteiger partial charge in [-0.05, 0) is 50.4 Å². The molecule has 1 atom stereocenters. The first-order chi connectivity index (χ1) is 8.24. The van der Waals surface area contributed by atoms with E-state index in [-0.39, 0.29) is 0 Å². The predicted molar refractivity (Wildman–Crippen MR) is 73.8 cm³/mol. The van der Waals surface area contributed by atoms with Gasteiger partial charge in [0.2, 0.25) is 0 Å². The summed E-state index contributed by atoms with van der Waals surface area (Å²) >= 11 is 1.89. The zero-order chi connectivity index (χ0) is 11.8. The summed E-state index contributed by atoms with van der Waals surface area (Å²) in [5.74, 6) is 0.788. The lowest BCUT2D eigenvalue weighted by atomic mass is 10.1. The summed E-state index contributed by atoms with van der Waals surface area (Å²) < 4.78 is 1.38. The highest BCUT2D eigenvalue weighted by Gasteiger charge is 2.17. The van der Waals surface area contributed by atoms with Crippen LogP contribution in [0.3, 0.4) is 0 Å². The molecular weight excluding hydrogens is 228 g/mol. The van der Waals surface area contributed by atoms with Crippen LogP contribution in [0.15, 0.2) is 12.1 Å². The molecule has 1 aliphatic rings. The van der Waals surface area contributed by atoms with Gasteiger partial charge in [0.1, 0.15) is 0 Å². The number of aromatic nitrogens is 1. The van der Waals surface area contributed by atoms with Gasteiger partial charge in [0.15, 0.2) is 0 Å². The van der Waals surface area contributed by atoms with Gasteiger partial charge in [-0.25, -0.2) is 4.98 Å². The number of aryl methyl sites for hydroxylation is 2. The van der Waals surface area contributed by atoms with Crippen molar-refractivity contribution in [2.75, 3.05) is 13.1 Å². The summed E-state index contributed by atoms with van der Waals surface area (Å²) in [4.78, 5) is 4.83. The maximum absolute atomic E-state index is 4.83. The molecule has 2 heterocycles. The largest absolute Gasteiger partial charge is 0.316 e. The van der Waals surface area contributed by atoms with Gasteiger partial charge < -0.3 is 5.32 Å². The quantitative estimate of drug-likeness (QED) is 0.881. The molecule has 2 aromatic rings. The zero-order valence-electron chi connectivity index (χ0n) is 10.4. The molecule has 1 aromatic carbocycles. The van der Waals surface area contributed by atoms with E-state index in [0.29, 0.717) is 0 Å². The second-order valence-corrected chi connectivity index (χ2v) is 6.13. The van der Waals surface area contributed by atoms with Crippen molar-refractivity contribution in [1.82, 2.24) is 10.3 Å². The van der Waals surface area contributed by atoms with Gasteiger partial charge >= 0.3 is 0 Å². The molecule has 1 saturated heterocycles. The normalized spacial score (nSPS) is 20.2. The molecule has 3 rings (SSSR count). The first-order valence-corrected chi connectivity index (χ1v) is 7.12. The second-order valence-electron chi connectivity index (χ2n) is 5.05. The fourth-order valence-electron chi connectivity index (χ4n) is 2.53. The average Bonchev–Trinajstić information content (AvgIpc) is 2.94. The van der Waals surface area contributed by atoms with E-state index in [2.05, 4.69) is 31.3 Å². The van der Waals surface area contributed by atoms with E-state index in [4.69, 9.17) is 4.98 Å². The molecule has 2 nitrogen and oxygen atoms in total. The van der Waals surface area contributed by atoms with Crippen molar-refractivity contribution in [3.63, 3.8) is 0 Å². The summed E-state index contributed by atoms with van der Waals surface area (Å²) in [6, 6.07) is 4.38. The standard InChI is InChI=1S/C14H18N2S/c1-9-3-4-10(2)14-13(9)16-12(17-14)7-11-5-6-15-8-11/h3-4,11,15H,5-8H2,1-2H3. The Morgan fingerprint density at radius 3 is 2.88 bits per heavy atom. The lowest BCUT2D eigenvalue weighted by Crippen LogP contribution is -2.10. The Hall–Kier alpha value is -0.930. The SMILES string of the molecule is Cc1ccc(C)c2sc(CC3CCNC3)nc12. The average molecular weight is 246 g/mol. The molecule has 0 radical (unpaired) electrons. The number of nitrogens with zero attached hydrogens (tertiary/aromatic N) is 1. The number of thiazole rings is 1. The fraction of sp³-hybridized carbons (Fsp3) is 0.500. The van der Waals surface area contributed by atoms with E-state index < -0.39 is 0 Å². The molecule has 0 bridgehead atoms. The monoisotopic (exact) mass is 246 g/mol. The van der Waals surface area contributed by atoms with Crippen molar-refractivity contribution in [2.24, 2.45) is 5.92 Å². The van der Waals surface area contributed by atoms with Gasteiger partial charge in [-0.3, -0.25) is 0 Å². The molecule has 0 spiro atoms. The van der Waals surface area contributed by atoms with Crippen molar-refractivity contribution in [3.8, 4) is 0 Å². The van der Waals surface area contributed by atoms with E-state index in [0.717, 1.165) is 18.9 Å². The number of hydrogen-bond donors (Lipinski definition) is 1. The van der Waals surface area contributed by atoms with Crippen molar-refractivity contribution >= 4 is 21.6 Å². The van der Waals surface area contributed by atoms with Gasteiger partial charge in [0.05, 0.1) is 15.2 Å². The van der Waals surface area contributed by atoms with Gasteiger partial charge in [-0.15, -0.1) is 11.3 Å². The van der Waals surface area contributed by atoms with Crippen LogP contribution >= 0.6 is 11.3 Å². The van der Waals surface area contributed by atoms with Gasteiger partial charge in [-0.2, -0.15) is 0 Å². The third kappa shape index (κ3) is 2.09. The van der Waals surface area contributed by atoms with Crippen molar-refractivity contribution in [3.05, 3.63) is 28.3 Å². The van der Waals surface area contributed by atoms with E-state index in [1.165, 1.54) is 39.3 Å². The third-order valence-corrected chi connectivity index (χ3v) is 4.83. The van der Waals surface area contributed by atoms with Crippen molar-refractivity contribution in [2.45, 2.75) is 26.7 Å². The van der Waals surface area contributed by atoms with E-state index >= 15 is 0 Å². The van der Waals surface area contributed by atoms with Crippen LogP contribution in [-0.4, -0.2) is 18.1 Å². The highest BCUT2D eigenvalue weighted by molar-refractivity contribution is 7.18. The molecular formula is C14H18N2S. The Bertz CT molecular complexity index is 499. The fourth-order valence-corrected chi connectivity index (χ4v) is 3.75. The molecule has 0 aliphatic carbocycles. The van der Waals surface area contributed by atoms with Crippen LogP contribution in [0, 0.1) is 19.8 Å². The molecule has 17 heavy (non-hydrogen) atoms. The molecule has 0 amide bonds. The molecule has 0 saturated carbocycles. The van der Waals surface area contributed by atoms with Crippen molar-refractivity contribution in [1.29, 1.82) is 0 Å². The highest BCUT2D eigenvalue weighted by Crippen LogP contribution is 2.29. The van der Waals surface area contributed by atoms with Crippen LogP contribution in [-0.2, 0) is 6.42 Å². The van der Waals surface area contributed by atoms with Crippen LogP contribution in [0.5, 0.6) is 0 Å². The van der Waals surface area contributed by atoms with E-state index in [9.17, 15) is 0 Å². The smallest absolute Gasteiger partial charge is 0.0942 e. The lowest BCUT2D eigenvalue weighted by molar-refractivity contribution is 0.579. The maximum atomic E-state index is 4.83. The Balaban J connectivity index is 1.95. The third-order valence-electron chi connectivity index (χ3n) is 3.61. The Labute approximate surface area is 106 Å². The molecule has 90 valence electrons. The van der Waals surface area contributed by atoms with Crippen LogP contribution in [0.25, 0.3) is 10.2 Å². The Morgan fingerprint density at radius 1 is 1.35 bits per heavy atom. The van der Waals surface area contributed by atoms with Gasteiger partial charge in [-0.1, -0.05) is 12.1 Å². The minimum absolute atomic E-state index is 0.788. The number of nitrogens with one attached hydrogen (secondary N) is 1. The topological polar surface area (TPSA) is 24.9 Å². The molecule has 1 N–H and O–H groups in total. The molecule has 1 unspecified atom stereocenters. The molecule has 1 fully saturated rings. The minimum Gasteiger partial charge on any atom is -0.316 e. The minimum atomic E-state index is 0.788. The number of benzene rings is 1. The Kier molecular flexibility index (Phi) is 2.89. The molecule has 1 aliphatic heterocycles. The second kappa shape index (κ2) is 4.39. The van der Waals surface area contributed by atoms with Crippen LogP contribution in [0.4, 0.5) is 0 Å². The number of fused-ring (bicyclic) bond motifs is 1. The molecule has 1 aromatic heterocycles. The van der Waals surface area contributed by atoms with Gasteiger partial charge in [0, 0.05) is 6.42 Å². The first-order valence-electron chi connectivity index (χ1n) is 6.30. The van der Waals surface area contributed by atoms with Crippen LogP contribution in [0.1, 0.15) is 22.6 Å². The van der Waals surface area contributed by atoms with E-state index in [1.54, 1.807) is 0 Å². The van der Waals surface area contributed by atoms with E-state index in [1.807, 2.05) is 11.3 Å². The predicted octanol–water partition coefficient (Wildman–Crippen LogP) is 3.07. The first kappa shape index (κ1) is 11.2. The lowest BCUT2D eigenvalue weighted by Gasteiger charge is -2.03.